The molecule has 1 aromatic rings. The Hall–Kier alpha value is -1.14. The highest BCUT2D eigenvalue weighted by molar-refractivity contribution is 7.89. The van der Waals surface area contributed by atoms with Gasteiger partial charge in [0.15, 0.2) is 0 Å². The first kappa shape index (κ1) is 15.3. The van der Waals surface area contributed by atoms with Gasteiger partial charge in [0.05, 0.1) is 10.6 Å². The maximum atomic E-state index is 13.4. The van der Waals surface area contributed by atoms with Gasteiger partial charge in [-0.2, -0.15) is 0 Å². The molecule has 1 fully saturated rings. The van der Waals surface area contributed by atoms with Crippen molar-refractivity contribution in [1.29, 1.82) is 0 Å². The lowest BCUT2D eigenvalue weighted by molar-refractivity contribution is 0.303. The number of nitrogen functional groups attached to an aromatic ring is 1. The van der Waals surface area contributed by atoms with E-state index in [1.54, 1.807) is 0 Å². The van der Waals surface area contributed by atoms with Gasteiger partial charge in [-0.15, -0.1) is 0 Å². The molecule has 112 valence electrons. The van der Waals surface area contributed by atoms with Gasteiger partial charge >= 0.3 is 0 Å². The molecule has 0 saturated heterocycles. The SMILES string of the molecule is CC(NS(=O)(=O)c1ccc(N)c(F)c1)C1CCCCC1. The van der Waals surface area contributed by atoms with Crippen LogP contribution in [0, 0.1) is 11.7 Å². The van der Waals surface area contributed by atoms with Crippen LogP contribution in [-0.4, -0.2) is 14.5 Å². The van der Waals surface area contributed by atoms with Gasteiger partial charge in [-0.25, -0.2) is 17.5 Å². The van der Waals surface area contributed by atoms with Gasteiger partial charge in [-0.1, -0.05) is 19.3 Å². The van der Waals surface area contributed by atoms with E-state index in [1.807, 2.05) is 6.92 Å². The highest BCUT2D eigenvalue weighted by atomic mass is 32.2. The minimum Gasteiger partial charge on any atom is -0.396 e. The Morgan fingerprint density at radius 2 is 1.95 bits per heavy atom. The minimum atomic E-state index is -3.69. The molecule has 1 unspecified atom stereocenters. The minimum absolute atomic E-state index is 0.0516. The fourth-order valence-electron chi connectivity index (χ4n) is 2.72. The number of sulfonamides is 1. The molecule has 1 aromatic carbocycles. The zero-order valence-corrected chi connectivity index (χ0v) is 12.4. The number of hydrogen-bond donors (Lipinski definition) is 2. The normalized spacial score (nSPS) is 18.9. The van der Waals surface area contributed by atoms with Gasteiger partial charge in [0.1, 0.15) is 5.82 Å². The van der Waals surface area contributed by atoms with Crippen LogP contribution in [0.1, 0.15) is 39.0 Å². The third-order valence-electron chi connectivity index (χ3n) is 3.98. The molecule has 3 N–H and O–H groups in total. The lowest BCUT2D eigenvalue weighted by atomic mass is 9.85. The standard InChI is InChI=1S/C14H21FN2O2S/c1-10(11-5-3-2-4-6-11)17-20(18,19)12-7-8-14(16)13(15)9-12/h7-11,17H,2-6,16H2,1H3. The molecule has 0 amide bonds. The quantitative estimate of drug-likeness (QED) is 0.840. The molecule has 0 heterocycles. The Labute approximate surface area is 119 Å². The first-order chi connectivity index (χ1) is 9.40. The van der Waals surface area contributed by atoms with E-state index in [0.29, 0.717) is 5.92 Å². The predicted molar refractivity (Wildman–Crippen MR) is 77.2 cm³/mol. The number of benzene rings is 1. The van der Waals surface area contributed by atoms with E-state index in [1.165, 1.54) is 18.6 Å². The fraction of sp³-hybridized carbons (Fsp3) is 0.571. The summed E-state index contributed by atoms with van der Waals surface area (Å²) < 4.78 is 40.5. The van der Waals surface area contributed by atoms with E-state index in [0.717, 1.165) is 31.7 Å². The fourth-order valence-corrected chi connectivity index (χ4v) is 4.04. The van der Waals surface area contributed by atoms with Crippen LogP contribution in [0.2, 0.25) is 0 Å². The van der Waals surface area contributed by atoms with Crippen molar-refractivity contribution in [3.63, 3.8) is 0 Å². The smallest absolute Gasteiger partial charge is 0.240 e. The van der Waals surface area contributed by atoms with Crippen molar-refractivity contribution in [2.75, 3.05) is 5.73 Å². The third-order valence-corrected chi connectivity index (χ3v) is 5.54. The number of halogens is 1. The molecular formula is C14H21FN2O2S. The van der Waals surface area contributed by atoms with Gasteiger partial charge in [-0.05, 0) is 43.9 Å². The molecule has 0 radical (unpaired) electrons. The molecule has 1 atom stereocenters. The van der Waals surface area contributed by atoms with Crippen molar-refractivity contribution >= 4 is 15.7 Å². The molecule has 1 aliphatic rings. The van der Waals surface area contributed by atoms with Crippen molar-refractivity contribution in [2.45, 2.75) is 50.0 Å². The number of nitrogens with two attached hydrogens (primary N) is 1. The van der Waals surface area contributed by atoms with Crippen molar-refractivity contribution in [2.24, 2.45) is 5.92 Å². The number of anilines is 1. The second-order valence-corrected chi connectivity index (χ2v) is 7.21. The Bertz CT molecular complexity index is 569. The molecule has 2 rings (SSSR count). The van der Waals surface area contributed by atoms with Crippen molar-refractivity contribution in [3.05, 3.63) is 24.0 Å². The van der Waals surface area contributed by atoms with Crippen molar-refractivity contribution in [1.82, 2.24) is 4.72 Å². The summed E-state index contributed by atoms with van der Waals surface area (Å²) in [4.78, 5) is -0.0770. The summed E-state index contributed by atoms with van der Waals surface area (Å²) in [6, 6.07) is 3.43. The molecule has 4 nitrogen and oxygen atoms in total. The van der Waals surface area contributed by atoms with E-state index in [9.17, 15) is 12.8 Å². The zero-order chi connectivity index (χ0) is 14.8. The second kappa shape index (κ2) is 6.10. The van der Waals surface area contributed by atoms with Crippen molar-refractivity contribution in [3.8, 4) is 0 Å². The van der Waals surface area contributed by atoms with Gasteiger partial charge in [-0.3, -0.25) is 0 Å². The zero-order valence-electron chi connectivity index (χ0n) is 11.6. The summed E-state index contributed by atoms with van der Waals surface area (Å²) in [6.45, 7) is 1.88. The molecule has 20 heavy (non-hydrogen) atoms. The van der Waals surface area contributed by atoms with Crippen LogP contribution in [0.3, 0.4) is 0 Å². The summed E-state index contributed by atoms with van der Waals surface area (Å²) >= 11 is 0. The molecule has 0 aliphatic heterocycles. The van der Waals surface area contributed by atoms with Crippen molar-refractivity contribution < 1.29 is 12.8 Å². The molecule has 0 aromatic heterocycles. The maximum Gasteiger partial charge on any atom is 0.240 e. The summed E-state index contributed by atoms with van der Waals surface area (Å²) in [5, 5.41) is 0. The number of rotatable bonds is 4. The number of nitrogens with one attached hydrogen (secondary N) is 1. The molecule has 1 saturated carbocycles. The van der Waals surface area contributed by atoms with Gasteiger partial charge < -0.3 is 5.73 Å². The van der Waals surface area contributed by atoms with Crippen LogP contribution in [0.25, 0.3) is 0 Å². The Balaban J connectivity index is 2.11. The molecular weight excluding hydrogens is 279 g/mol. The van der Waals surface area contributed by atoms with E-state index in [4.69, 9.17) is 5.73 Å². The summed E-state index contributed by atoms with van der Waals surface area (Å²) in [5.41, 5.74) is 5.31. The largest absolute Gasteiger partial charge is 0.396 e. The first-order valence-corrected chi connectivity index (χ1v) is 8.46. The Morgan fingerprint density at radius 1 is 1.30 bits per heavy atom. The highest BCUT2D eigenvalue weighted by Crippen LogP contribution is 2.27. The Morgan fingerprint density at radius 3 is 2.55 bits per heavy atom. The van der Waals surface area contributed by atoms with E-state index < -0.39 is 15.8 Å². The average Bonchev–Trinajstić information content (AvgIpc) is 2.42. The van der Waals surface area contributed by atoms with Crippen LogP contribution >= 0.6 is 0 Å². The summed E-state index contributed by atoms with van der Waals surface area (Å²) in [6.07, 6.45) is 5.60. The van der Waals surface area contributed by atoms with E-state index in [2.05, 4.69) is 4.72 Å². The molecule has 0 bridgehead atoms. The summed E-state index contributed by atoms with van der Waals surface area (Å²) in [5.74, 6) is -0.352. The highest BCUT2D eigenvalue weighted by Gasteiger charge is 2.25. The van der Waals surface area contributed by atoms with Crippen LogP contribution in [0.4, 0.5) is 10.1 Å². The van der Waals surface area contributed by atoms with Crippen LogP contribution in [0.15, 0.2) is 23.1 Å². The van der Waals surface area contributed by atoms with Crippen LogP contribution < -0.4 is 10.5 Å². The van der Waals surface area contributed by atoms with E-state index >= 15 is 0 Å². The lowest BCUT2D eigenvalue weighted by Gasteiger charge is -2.28. The first-order valence-electron chi connectivity index (χ1n) is 6.97. The van der Waals surface area contributed by atoms with E-state index in [-0.39, 0.29) is 16.6 Å². The topological polar surface area (TPSA) is 72.2 Å². The van der Waals surface area contributed by atoms with Gasteiger partial charge in [0.25, 0.3) is 0 Å². The second-order valence-electron chi connectivity index (χ2n) is 5.49. The molecule has 6 heteroatoms. The Kier molecular flexibility index (Phi) is 4.65. The lowest BCUT2D eigenvalue weighted by Crippen LogP contribution is -2.38. The van der Waals surface area contributed by atoms with Crippen LogP contribution in [-0.2, 0) is 10.0 Å². The number of hydrogen-bond acceptors (Lipinski definition) is 3. The summed E-state index contributed by atoms with van der Waals surface area (Å²) in [7, 11) is -3.69. The van der Waals surface area contributed by atoms with Gasteiger partial charge in [0.2, 0.25) is 10.0 Å². The maximum absolute atomic E-state index is 13.4. The van der Waals surface area contributed by atoms with Gasteiger partial charge in [0, 0.05) is 6.04 Å². The molecule has 1 aliphatic carbocycles. The third kappa shape index (κ3) is 3.49. The monoisotopic (exact) mass is 300 g/mol. The van der Waals surface area contributed by atoms with Crippen LogP contribution in [0.5, 0.6) is 0 Å². The average molecular weight is 300 g/mol. The molecule has 0 spiro atoms. The predicted octanol–water partition coefficient (Wildman–Crippen LogP) is 2.66.